The molecule has 1 heterocycles. The van der Waals surface area contributed by atoms with Gasteiger partial charge in [0.05, 0.1) is 11.6 Å². The minimum Gasteiger partial charge on any atom is -0.351 e. The Bertz CT molecular complexity index is 578. The van der Waals surface area contributed by atoms with Crippen LogP contribution >= 0.6 is 15.9 Å². The number of nitrogens with one attached hydrogen (secondary N) is 1. The maximum atomic E-state index is 12.2. The van der Waals surface area contributed by atoms with Crippen LogP contribution in [0.5, 0.6) is 0 Å². The molecule has 1 aromatic carbocycles. The highest BCUT2D eigenvalue weighted by Gasteiger charge is 2.36. The lowest BCUT2D eigenvalue weighted by Gasteiger charge is -2.23. The Hall–Kier alpha value is -1.36. The number of anilines is 1. The fourth-order valence-corrected chi connectivity index (χ4v) is 3.13. The second-order valence-corrected chi connectivity index (χ2v) is 7.45. The second kappa shape index (κ2) is 5.79. The number of carbonyl (C=O) groups excluding carboxylic acids is 2. The summed E-state index contributed by atoms with van der Waals surface area (Å²) in [6, 6.07) is 5.86. The number of carbonyl (C=O) groups is 2. The van der Waals surface area contributed by atoms with Gasteiger partial charge in [-0.15, -0.1) is 0 Å². The molecule has 114 valence electrons. The maximum Gasteiger partial charge on any atom is 0.227 e. The molecule has 0 aromatic heterocycles. The molecule has 2 rings (SSSR count). The van der Waals surface area contributed by atoms with Gasteiger partial charge >= 0.3 is 0 Å². The van der Waals surface area contributed by atoms with Crippen LogP contribution in [0.1, 0.15) is 32.8 Å². The molecule has 0 saturated carbocycles. The molecule has 1 aliphatic heterocycles. The minimum atomic E-state index is -0.287. The lowest BCUT2D eigenvalue weighted by Crippen LogP contribution is -2.44. The summed E-state index contributed by atoms with van der Waals surface area (Å²) in [6.45, 7) is 8.25. The molecule has 0 radical (unpaired) electrons. The molecule has 0 aliphatic carbocycles. The van der Waals surface area contributed by atoms with Gasteiger partial charge in [-0.05, 0) is 61.3 Å². The predicted octanol–water partition coefficient (Wildman–Crippen LogP) is 3.03. The molecule has 2 amide bonds. The van der Waals surface area contributed by atoms with E-state index in [0.717, 1.165) is 15.7 Å². The predicted molar refractivity (Wildman–Crippen MR) is 87.2 cm³/mol. The highest BCUT2D eigenvalue weighted by Crippen LogP contribution is 2.32. The first-order valence-corrected chi connectivity index (χ1v) is 7.85. The summed E-state index contributed by atoms with van der Waals surface area (Å²) in [4.78, 5) is 26.1. The average Bonchev–Trinajstić information content (AvgIpc) is 2.69. The summed E-state index contributed by atoms with van der Waals surface area (Å²) in [5.41, 5.74) is 1.67. The molecule has 1 N–H and O–H groups in total. The third-order valence-corrected chi connectivity index (χ3v) is 4.02. The first kappa shape index (κ1) is 16.0. The number of nitrogens with zero attached hydrogens (tertiary/aromatic N) is 1. The Morgan fingerprint density at radius 1 is 1.38 bits per heavy atom. The number of amides is 2. The van der Waals surface area contributed by atoms with Crippen molar-refractivity contribution >= 4 is 33.4 Å². The van der Waals surface area contributed by atoms with Crippen LogP contribution in [-0.4, -0.2) is 23.9 Å². The lowest BCUT2D eigenvalue weighted by atomic mass is 10.0. The van der Waals surface area contributed by atoms with E-state index in [4.69, 9.17) is 0 Å². The van der Waals surface area contributed by atoms with Gasteiger partial charge in [-0.25, -0.2) is 0 Å². The largest absolute Gasteiger partial charge is 0.351 e. The lowest BCUT2D eigenvalue weighted by molar-refractivity contribution is -0.127. The van der Waals surface area contributed by atoms with Gasteiger partial charge in [0, 0.05) is 23.0 Å². The van der Waals surface area contributed by atoms with Crippen LogP contribution in [0.3, 0.4) is 0 Å². The molecule has 0 bridgehead atoms. The molecule has 1 atom stereocenters. The van der Waals surface area contributed by atoms with Gasteiger partial charge in [0.2, 0.25) is 11.8 Å². The van der Waals surface area contributed by atoms with E-state index in [-0.39, 0.29) is 29.7 Å². The Kier molecular flexibility index (Phi) is 4.42. The molecule has 4 nitrogen and oxygen atoms in total. The quantitative estimate of drug-likeness (QED) is 0.889. The monoisotopic (exact) mass is 352 g/mol. The van der Waals surface area contributed by atoms with E-state index in [2.05, 4.69) is 21.2 Å². The fourth-order valence-electron chi connectivity index (χ4n) is 2.42. The summed E-state index contributed by atoms with van der Waals surface area (Å²) in [5, 5.41) is 2.95. The van der Waals surface area contributed by atoms with Crippen LogP contribution in [0, 0.1) is 12.8 Å². The Labute approximate surface area is 134 Å². The van der Waals surface area contributed by atoms with Crippen LogP contribution in [0.25, 0.3) is 0 Å². The SMILES string of the molecule is Cc1ccc(N2CC(C(=O)NC(C)(C)C)CC2=O)c(Br)c1. The smallest absolute Gasteiger partial charge is 0.227 e. The van der Waals surface area contributed by atoms with Gasteiger partial charge in [0.25, 0.3) is 0 Å². The average molecular weight is 353 g/mol. The van der Waals surface area contributed by atoms with Crippen molar-refractivity contribution in [1.82, 2.24) is 5.32 Å². The molecule has 1 unspecified atom stereocenters. The third-order valence-electron chi connectivity index (χ3n) is 3.39. The molecule has 1 aliphatic rings. The van der Waals surface area contributed by atoms with E-state index in [1.165, 1.54) is 0 Å². The number of aryl methyl sites for hydroxylation is 1. The van der Waals surface area contributed by atoms with Crippen LogP contribution in [0.4, 0.5) is 5.69 Å². The van der Waals surface area contributed by atoms with Gasteiger partial charge in [0.15, 0.2) is 0 Å². The van der Waals surface area contributed by atoms with Crippen molar-refractivity contribution in [3.63, 3.8) is 0 Å². The van der Waals surface area contributed by atoms with E-state index in [0.29, 0.717) is 6.54 Å². The number of hydrogen-bond acceptors (Lipinski definition) is 2. The Morgan fingerprint density at radius 3 is 2.62 bits per heavy atom. The van der Waals surface area contributed by atoms with E-state index in [1.807, 2.05) is 45.9 Å². The summed E-state index contributed by atoms with van der Waals surface area (Å²) < 4.78 is 0.882. The normalized spacial score (nSPS) is 19.0. The third kappa shape index (κ3) is 3.84. The van der Waals surface area contributed by atoms with E-state index < -0.39 is 0 Å². The van der Waals surface area contributed by atoms with Crippen molar-refractivity contribution < 1.29 is 9.59 Å². The summed E-state index contributed by atoms with van der Waals surface area (Å²) in [5.74, 6) is -0.347. The van der Waals surface area contributed by atoms with E-state index >= 15 is 0 Å². The summed E-state index contributed by atoms with van der Waals surface area (Å²) in [6.07, 6.45) is 0.266. The van der Waals surface area contributed by atoms with Crippen molar-refractivity contribution in [3.05, 3.63) is 28.2 Å². The van der Waals surface area contributed by atoms with Gasteiger partial charge in [0.1, 0.15) is 0 Å². The molecule has 1 saturated heterocycles. The van der Waals surface area contributed by atoms with Crippen molar-refractivity contribution in [2.75, 3.05) is 11.4 Å². The van der Waals surface area contributed by atoms with Gasteiger partial charge in [-0.1, -0.05) is 6.07 Å². The van der Waals surface area contributed by atoms with Crippen LogP contribution in [0.15, 0.2) is 22.7 Å². The molecule has 1 aromatic rings. The molecule has 0 spiro atoms. The first-order valence-electron chi connectivity index (χ1n) is 7.06. The molecule has 21 heavy (non-hydrogen) atoms. The highest BCUT2D eigenvalue weighted by atomic mass is 79.9. The van der Waals surface area contributed by atoms with Gasteiger partial charge in [-0.2, -0.15) is 0 Å². The van der Waals surface area contributed by atoms with Crippen molar-refractivity contribution in [2.24, 2.45) is 5.92 Å². The summed E-state index contributed by atoms with van der Waals surface area (Å²) >= 11 is 3.50. The Morgan fingerprint density at radius 2 is 2.05 bits per heavy atom. The number of halogens is 1. The van der Waals surface area contributed by atoms with Crippen LogP contribution in [-0.2, 0) is 9.59 Å². The molecule has 1 fully saturated rings. The zero-order valence-corrected chi connectivity index (χ0v) is 14.5. The van der Waals surface area contributed by atoms with Crippen molar-refractivity contribution in [3.8, 4) is 0 Å². The van der Waals surface area contributed by atoms with Gasteiger partial charge in [-0.3, -0.25) is 9.59 Å². The van der Waals surface area contributed by atoms with Crippen LogP contribution < -0.4 is 10.2 Å². The minimum absolute atomic E-state index is 0.00591. The fraction of sp³-hybridized carbons (Fsp3) is 0.500. The van der Waals surface area contributed by atoms with Crippen LogP contribution in [0.2, 0.25) is 0 Å². The second-order valence-electron chi connectivity index (χ2n) is 6.60. The van der Waals surface area contributed by atoms with Gasteiger partial charge < -0.3 is 10.2 Å². The maximum absolute atomic E-state index is 12.2. The number of benzene rings is 1. The van der Waals surface area contributed by atoms with Crippen molar-refractivity contribution in [1.29, 1.82) is 0 Å². The van der Waals surface area contributed by atoms with E-state index in [1.54, 1.807) is 4.90 Å². The number of rotatable bonds is 2. The first-order chi connectivity index (χ1) is 9.67. The molecule has 5 heteroatoms. The molecular formula is C16H21BrN2O2. The standard InChI is InChI=1S/C16H21BrN2O2/c1-10-5-6-13(12(17)7-10)19-9-11(8-14(19)20)15(21)18-16(2,3)4/h5-7,11H,8-9H2,1-4H3,(H,18,21). The Balaban J connectivity index is 2.14. The zero-order valence-electron chi connectivity index (χ0n) is 12.9. The topological polar surface area (TPSA) is 49.4 Å². The molecular weight excluding hydrogens is 332 g/mol. The van der Waals surface area contributed by atoms with Crippen molar-refractivity contribution in [2.45, 2.75) is 39.7 Å². The zero-order chi connectivity index (χ0) is 15.8. The summed E-state index contributed by atoms with van der Waals surface area (Å²) in [7, 11) is 0. The van der Waals surface area contributed by atoms with E-state index in [9.17, 15) is 9.59 Å². The highest BCUT2D eigenvalue weighted by molar-refractivity contribution is 9.10. The number of hydrogen-bond donors (Lipinski definition) is 1.